The summed E-state index contributed by atoms with van der Waals surface area (Å²) in [4.78, 5) is 13.8. The number of H-pyrrole nitrogens is 1. The molecule has 224 valence electrons. The lowest BCUT2D eigenvalue weighted by molar-refractivity contribution is 1.10. The Balaban J connectivity index is 1.24. The zero-order chi connectivity index (χ0) is 32.0. The zero-order valence-electron chi connectivity index (χ0n) is 25.8. The van der Waals surface area contributed by atoms with Gasteiger partial charge in [-0.1, -0.05) is 109 Å². The van der Waals surface area contributed by atoms with Crippen LogP contribution in [0.2, 0.25) is 0 Å². The van der Waals surface area contributed by atoms with Crippen LogP contribution in [0.5, 0.6) is 0 Å². The summed E-state index contributed by atoms with van der Waals surface area (Å²) in [5.41, 5.74) is 12.5. The number of nitrogens with zero attached hydrogens (tertiary/aromatic N) is 4. The molecule has 0 aliphatic carbocycles. The predicted octanol–water partition coefficient (Wildman–Crippen LogP) is 10.6. The van der Waals surface area contributed by atoms with Crippen molar-refractivity contribution in [2.24, 2.45) is 0 Å². The molecule has 0 saturated heterocycles. The molecule has 0 spiro atoms. The van der Waals surface area contributed by atoms with Crippen LogP contribution in [0.1, 0.15) is 5.56 Å². The third kappa shape index (κ3) is 4.47. The highest BCUT2D eigenvalue weighted by molar-refractivity contribution is 6.12. The maximum absolute atomic E-state index is 9.82. The summed E-state index contributed by atoms with van der Waals surface area (Å²) in [7, 11) is 0. The van der Waals surface area contributed by atoms with E-state index < -0.39 is 0 Å². The molecule has 0 bridgehead atoms. The van der Waals surface area contributed by atoms with Crippen molar-refractivity contribution in [2.75, 3.05) is 0 Å². The largest absolute Gasteiger partial charge is 0.354 e. The summed E-state index contributed by atoms with van der Waals surface area (Å²) in [5.74, 6) is 0.873. The van der Waals surface area contributed by atoms with Crippen molar-refractivity contribution in [1.29, 1.82) is 5.26 Å². The van der Waals surface area contributed by atoms with Crippen molar-refractivity contribution in [3.05, 3.63) is 163 Å². The second kappa shape index (κ2) is 11.2. The van der Waals surface area contributed by atoms with Gasteiger partial charge in [0.15, 0.2) is 0 Å². The topological polar surface area (TPSA) is 70.3 Å². The minimum atomic E-state index is 0.551. The molecule has 0 aliphatic rings. The number of aromatic amines is 1. The summed E-state index contributed by atoms with van der Waals surface area (Å²) in [6, 6.07) is 54.4. The van der Waals surface area contributed by atoms with Gasteiger partial charge in [0.25, 0.3) is 0 Å². The Labute approximate surface area is 277 Å². The number of nitriles is 1. The van der Waals surface area contributed by atoms with Crippen molar-refractivity contribution in [3.8, 4) is 56.7 Å². The molecule has 0 radical (unpaired) electrons. The van der Waals surface area contributed by atoms with Gasteiger partial charge in [0.1, 0.15) is 11.9 Å². The lowest BCUT2D eigenvalue weighted by Gasteiger charge is -2.11. The Morgan fingerprint density at radius 3 is 2.12 bits per heavy atom. The van der Waals surface area contributed by atoms with E-state index in [1.165, 1.54) is 10.8 Å². The van der Waals surface area contributed by atoms with Gasteiger partial charge >= 0.3 is 0 Å². The maximum Gasteiger partial charge on any atom is 0.147 e. The number of rotatable bonds is 5. The van der Waals surface area contributed by atoms with Crippen LogP contribution in [0, 0.1) is 11.3 Å². The Morgan fingerprint density at radius 2 is 1.27 bits per heavy atom. The molecule has 0 fully saturated rings. The number of para-hydroxylation sites is 4. The molecule has 9 aromatic rings. The van der Waals surface area contributed by atoms with Crippen LogP contribution in [-0.2, 0) is 0 Å². The first kappa shape index (κ1) is 27.5. The molecule has 5 nitrogen and oxygen atoms in total. The van der Waals surface area contributed by atoms with E-state index in [1.54, 1.807) is 6.20 Å². The van der Waals surface area contributed by atoms with E-state index >= 15 is 0 Å². The number of imidazole rings is 1. The normalized spacial score (nSPS) is 11.3. The number of aromatic nitrogens is 4. The molecule has 0 atom stereocenters. The highest BCUT2D eigenvalue weighted by atomic mass is 15.1. The van der Waals surface area contributed by atoms with E-state index in [0.29, 0.717) is 5.56 Å². The van der Waals surface area contributed by atoms with Gasteiger partial charge in [-0.05, 0) is 53.6 Å². The summed E-state index contributed by atoms with van der Waals surface area (Å²) >= 11 is 0. The van der Waals surface area contributed by atoms with Crippen LogP contribution in [0.3, 0.4) is 0 Å². The van der Waals surface area contributed by atoms with Crippen molar-refractivity contribution < 1.29 is 0 Å². The first-order chi connectivity index (χ1) is 23.8. The SMILES string of the molecule is N#Cc1cnc(-c2cccc(-c3cccc4c3nc(-c3cccc5c3[nH]c3ccccc35)n4-c3ccccc3)c2)cc1-c1ccccc1. The minimum Gasteiger partial charge on any atom is -0.354 e. The summed E-state index contributed by atoms with van der Waals surface area (Å²) in [5, 5.41) is 12.2. The standard InChI is InChI=1S/C43H27N5/c44-26-31-27-45-39(25-37(31)28-12-3-1-4-13-28)30-15-9-14-29(24-30)33-19-11-23-40-42(33)47-43(48(40)32-16-5-2-6-17-32)36-21-10-20-35-34-18-7-8-22-38(34)46-41(35)36/h1-25,27,46H. The van der Waals surface area contributed by atoms with Gasteiger partial charge in [-0.15, -0.1) is 0 Å². The van der Waals surface area contributed by atoms with Crippen LogP contribution >= 0.6 is 0 Å². The molecular formula is C43H27N5. The fourth-order valence-corrected chi connectivity index (χ4v) is 6.82. The Hall–Kier alpha value is -6.77. The van der Waals surface area contributed by atoms with Crippen LogP contribution in [0.25, 0.3) is 83.4 Å². The van der Waals surface area contributed by atoms with Crippen LogP contribution in [-0.4, -0.2) is 19.5 Å². The molecule has 5 heteroatoms. The van der Waals surface area contributed by atoms with Gasteiger partial charge in [-0.3, -0.25) is 9.55 Å². The molecule has 9 rings (SSSR count). The summed E-state index contributed by atoms with van der Waals surface area (Å²) in [6.07, 6.45) is 1.67. The lowest BCUT2D eigenvalue weighted by Crippen LogP contribution is -1.97. The number of benzene rings is 6. The number of hydrogen-bond acceptors (Lipinski definition) is 3. The molecule has 0 unspecified atom stereocenters. The molecule has 0 amide bonds. The monoisotopic (exact) mass is 613 g/mol. The molecule has 6 aromatic carbocycles. The van der Waals surface area contributed by atoms with Crippen LogP contribution in [0.15, 0.2) is 158 Å². The quantitative estimate of drug-likeness (QED) is 0.210. The molecule has 1 N–H and O–H groups in total. The van der Waals surface area contributed by atoms with Gasteiger partial charge in [0, 0.05) is 50.4 Å². The van der Waals surface area contributed by atoms with Crippen LogP contribution < -0.4 is 0 Å². The Bertz CT molecular complexity index is 2680. The van der Waals surface area contributed by atoms with E-state index in [1.807, 2.05) is 42.5 Å². The van der Waals surface area contributed by atoms with E-state index in [0.717, 1.165) is 72.7 Å². The summed E-state index contributed by atoms with van der Waals surface area (Å²) in [6.45, 7) is 0. The van der Waals surface area contributed by atoms with Crippen molar-refractivity contribution in [2.45, 2.75) is 0 Å². The number of hydrogen-bond donors (Lipinski definition) is 1. The second-order valence-corrected chi connectivity index (χ2v) is 11.9. The predicted molar refractivity (Wildman–Crippen MR) is 195 cm³/mol. The highest BCUT2D eigenvalue weighted by Gasteiger charge is 2.20. The van der Waals surface area contributed by atoms with Gasteiger partial charge in [-0.25, -0.2) is 4.98 Å². The van der Waals surface area contributed by atoms with Gasteiger partial charge in [0.2, 0.25) is 0 Å². The van der Waals surface area contributed by atoms with Gasteiger partial charge in [0.05, 0.1) is 27.8 Å². The minimum absolute atomic E-state index is 0.551. The first-order valence-electron chi connectivity index (χ1n) is 15.9. The Morgan fingerprint density at radius 1 is 0.583 bits per heavy atom. The molecule has 0 saturated carbocycles. The third-order valence-electron chi connectivity index (χ3n) is 9.06. The second-order valence-electron chi connectivity index (χ2n) is 11.9. The Kier molecular flexibility index (Phi) is 6.45. The van der Waals surface area contributed by atoms with E-state index in [9.17, 15) is 5.26 Å². The average Bonchev–Trinajstić information content (AvgIpc) is 3.74. The van der Waals surface area contributed by atoms with Crippen molar-refractivity contribution in [3.63, 3.8) is 0 Å². The molecule has 3 heterocycles. The maximum atomic E-state index is 9.82. The van der Waals surface area contributed by atoms with Gasteiger partial charge < -0.3 is 4.98 Å². The third-order valence-corrected chi connectivity index (χ3v) is 9.06. The number of fused-ring (bicyclic) bond motifs is 4. The lowest BCUT2D eigenvalue weighted by atomic mass is 9.97. The number of pyridine rings is 1. The summed E-state index contributed by atoms with van der Waals surface area (Å²) < 4.78 is 2.26. The molecule has 3 aromatic heterocycles. The van der Waals surface area contributed by atoms with Crippen molar-refractivity contribution in [1.82, 2.24) is 19.5 Å². The molecule has 48 heavy (non-hydrogen) atoms. The average molecular weight is 614 g/mol. The fraction of sp³-hybridized carbons (Fsp3) is 0. The molecular weight excluding hydrogens is 587 g/mol. The van der Waals surface area contributed by atoms with Gasteiger partial charge in [-0.2, -0.15) is 5.26 Å². The fourth-order valence-electron chi connectivity index (χ4n) is 6.82. The van der Waals surface area contributed by atoms with E-state index in [-0.39, 0.29) is 0 Å². The van der Waals surface area contributed by atoms with Crippen molar-refractivity contribution >= 4 is 32.8 Å². The number of nitrogens with one attached hydrogen (secondary N) is 1. The highest BCUT2D eigenvalue weighted by Crippen LogP contribution is 2.39. The first-order valence-corrected chi connectivity index (χ1v) is 15.9. The molecule has 0 aliphatic heterocycles. The smallest absolute Gasteiger partial charge is 0.147 e. The van der Waals surface area contributed by atoms with E-state index in [2.05, 4.69) is 125 Å². The van der Waals surface area contributed by atoms with E-state index in [4.69, 9.17) is 9.97 Å². The zero-order valence-corrected chi connectivity index (χ0v) is 25.8. The van der Waals surface area contributed by atoms with Crippen LogP contribution in [0.4, 0.5) is 0 Å².